The van der Waals surface area contributed by atoms with Crippen LogP contribution in [0.25, 0.3) is 6.08 Å². The van der Waals surface area contributed by atoms with Gasteiger partial charge in [-0.25, -0.2) is 9.59 Å². The lowest BCUT2D eigenvalue weighted by molar-refractivity contribution is -0.169. The second-order valence-corrected chi connectivity index (χ2v) is 6.95. The molecule has 1 saturated heterocycles. The van der Waals surface area contributed by atoms with Crippen LogP contribution in [0.5, 0.6) is 11.5 Å². The molecule has 0 unspecified atom stereocenters. The standard InChI is InChI=1S/C20H24O8/c1-3-8-26-13-6-4-12(9-14(13)25-2)5-7-17(21)27-15-10-20(24,19(22)23)11-16-18(15)28-16/h4-7,9,15-16,18,24H,3,8,10-11H2,1-2H3,(H,22,23)/b7-5+/t15-,16-,18+,20-/m1/s1. The Labute approximate surface area is 162 Å². The number of hydrogen-bond acceptors (Lipinski definition) is 7. The number of esters is 1. The Morgan fingerprint density at radius 2 is 2.11 bits per heavy atom. The predicted octanol–water partition coefficient (Wildman–Crippen LogP) is 1.79. The Balaban J connectivity index is 1.62. The van der Waals surface area contributed by atoms with Crippen molar-refractivity contribution in [1.82, 2.24) is 0 Å². The molecule has 1 aromatic carbocycles. The van der Waals surface area contributed by atoms with Gasteiger partial charge < -0.3 is 29.2 Å². The van der Waals surface area contributed by atoms with Crippen molar-refractivity contribution < 1.29 is 38.7 Å². The van der Waals surface area contributed by atoms with Gasteiger partial charge in [-0.15, -0.1) is 0 Å². The van der Waals surface area contributed by atoms with Crippen molar-refractivity contribution in [3.63, 3.8) is 0 Å². The summed E-state index contributed by atoms with van der Waals surface area (Å²) in [5.74, 6) is -0.803. The number of carboxylic acids is 1. The maximum atomic E-state index is 12.1. The van der Waals surface area contributed by atoms with Gasteiger partial charge in [-0.05, 0) is 30.2 Å². The molecule has 28 heavy (non-hydrogen) atoms. The van der Waals surface area contributed by atoms with E-state index in [1.807, 2.05) is 6.92 Å². The number of benzene rings is 1. The van der Waals surface area contributed by atoms with E-state index in [0.717, 1.165) is 6.42 Å². The zero-order chi connectivity index (χ0) is 20.3. The minimum Gasteiger partial charge on any atom is -0.493 e. The number of carbonyl (C=O) groups excluding carboxylic acids is 1. The van der Waals surface area contributed by atoms with E-state index in [4.69, 9.17) is 18.9 Å². The fourth-order valence-corrected chi connectivity index (χ4v) is 3.27. The van der Waals surface area contributed by atoms with Crippen LogP contribution < -0.4 is 9.47 Å². The molecule has 1 aliphatic heterocycles. The minimum absolute atomic E-state index is 0.00311. The lowest BCUT2D eigenvalue weighted by atomic mass is 9.83. The maximum absolute atomic E-state index is 12.1. The SMILES string of the molecule is CCCOc1ccc(/C=C/C(=O)O[C@@H]2C[C@](O)(C(=O)O)C[C@H]3O[C@@H]23)cc1OC. The first-order chi connectivity index (χ1) is 13.4. The monoisotopic (exact) mass is 392 g/mol. The molecule has 3 rings (SSSR count). The highest BCUT2D eigenvalue weighted by Crippen LogP contribution is 2.43. The Morgan fingerprint density at radius 3 is 2.79 bits per heavy atom. The van der Waals surface area contributed by atoms with Crippen LogP contribution in [-0.2, 0) is 19.1 Å². The number of aliphatic carboxylic acids is 1. The smallest absolute Gasteiger partial charge is 0.335 e. The van der Waals surface area contributed by atoms with E-state index >= 15 is 0 Å². The van der Waals surface area contributed by atoms with Gasteiger partial charge in [-0.2, -0.15) is 0 Å². The summed E-state index contributed by atoms with van der Waals surface area (Å²) >= 11 is 0. The highest BCUT2D eigenvalue weighted by atomic mass is 16.6. The third-order valence-corrected chi connectivity index (χ3v) is 4.79. The number of rotatable bonds is 8. The van der Waals surface area contributed by atoms with Crippen molar-refractivity contribution in [2.24, 2.45) is 0 Å². The molecule has 2 fully saturated rings. The molecule has 8 nitrogen and oxygen atoms in total. The van der Waals surface area contributed by atoms with Gasteiger partial charge in [0.05, 0.1) is 19.8 Å². The first-order valence-electron chi connectivity index (χ1n) is 9.17. The van der Waals surface area contributed by atoms with Crippen LogP contribution in [0.4, 0.5) is 0 Å². The molecule has 152 valence electrons. The van der Waals surface area contributed by atoms with E-state index in [1.54, 1.807) is 24.3 Å². The van der Waals surface area contributed by atoms with Gasteiger partial charge in [0.25, 0.3) is 0 Å². The molecular weight excluding hydrogens is 368 g/mol. The number of carbonyl (C=O) groups is 2. The number of aliphatic hydroxyl groups is 1. The second-order valence-electron chi connectivity index (χ2n) is 6.95. The van der Waals surface area contributed by atoms with E-state index in [2.05, 4.69) is 0 Å². The topological polar surface area (TPSA) is 115 Å². The summed E-state index contributed by atoms with van der Waals surface area (Å²) in [5, 5.41) is 19.3. The summed E-state index contributed by atoms with van der Waals surface area (Å²) in [6.45, 7) is 2.58. The molecule has 1 heterocycles. The van der Waals surface area contributed by atoms with E-state index < -0.39 is 29.7 Å². The van der Waals surface area contributed by atoms with Gasteiger partial charge in [0.15, 0.2) is 17.1 Å². The van der Waals surface area contributed by atoms with Crippen molar-refractivity contribution >= 4 is 18.0 Å². The Bertz CT molecular complexity index is 773. The summed E-state index contributed by atoms with van der Waals surface area (Å²) < 4.78 is 21.5. The molecular formula is C20H24O8. The molecule has 1 saturated carbocycles. The van der Waals surface area contributed by atoms with Crippen LogP contribution in [0.3, 0.4) is 0 Å². The van der Waals surface area contributed by atoms with E-state index in [1.165, 1.54) is 13.2 Å². The Kier molecular flexibility index (Phi) is 5.90. The van der Waals surface area contributed by atoms with Crippen LogP contribution in [-0.4, -0.2) is 59.8 Å². The zero-order valence-electron chi connectivity index (χ0n) is 15.8. The summed E-state index contributed by atoms with van der Waals surface area (Å²) in [4.78, 5) is 23.4. The molecule has 2 N–H and O–H groups in total. The first kappa shape index (κ1) is 20.2. The fourth-order valence-electron chi connectivity index (χ4n) is 3.27. The number of fused-ring (bicyclic) bond motifs is 1. The van der Waals surface area contributed by atoms with Gasteiger partial charge in [0, 0.05) is 18.9 Å². The lowest BCUT2D eigenvalue weighted by Gasteiger charge is -2.30. The highest BCUT2D eigenvalue weighted by molar-refractivity contribution is 5.87. The number of ether oxygens (including phenoxy) is 4. The molecule has 4 atom stereocenters. The molecule has 0 bridgehead atoms. The molecule has 0 amide bonds. The Hall–Kier alpha value is -2.58. The Morgan fingerprint density at radius 1 is 1.32 bits per heavy atom. The molecule has 0 radical (unpaired) electrons. The predicted molar refractivity (Wildman–Crippen MR) is 98.2 cm³/mol. The van der Waals surface area contributed by atoms with E-state index in [9.17, 15) is 19.8 Å². The molecule has 2 aliphatic rings. The van der Waals surface area contributed by atoms with Crippen molar-refractivity contribution in [3.05, 3.63) is 29.8 Å². The van der Waals surface area contributed by atoms with E-state index in [-0.39, 0.29) is 18.9 Å². The average molecular weight is 392 g/mol. The zero-order valence-corrected chi connectivity index (χ0v) is 15.8. The third kappa shape index (κ3) is 4.45. The number of methoxy groups -OCH3 is 1. The number of epoxide rings is 1. The molecule has 0 aromatic heterocycles. The second kappa shape index (κ2) is 8.20. The van der Waals surface area contributed by atoms with Gasteiger partial charge in [-0.1, -0.05) is 13.0 Å². The van der Waals surface area contributed by atoms with Crippen molar-refractivity contribution in [3.8, 4) is 11.5 Å². The van der Waals surface area contributed by atoms with Crippen molar-refractivity contribution in [2.75, 3.05) is 13.7 Å². The van der Waals surface area contributed by atoms with Gasteiger partial charge in [0.1, 0.15) is 12.2 Å². The molecule has 1 aliphatic carbocycles. The first-order valence-corrected chi connectivity index (χ1v) is 9.17. The van der Waals surface area contributed by atoms with Crippen LogP contribution >= 0.6 is 0 Å². The van der Waals surface area contributed by atoms with Crippen molar-refractivity contribution in [2.45, 2.75) is 50.1 Å². The minimum atomic E-state index is -1.94. The third-order valence-electron chi connectivity index (χ3n) is 4.79. The van der Waals surface area contributed by atoms with Crippen LogP contribution in [0.2, 0.25) is 0 Å². The summed E-state index contributed by atoms with van der Waals surface area (Å²) in [5.41, 5.74) is -1.22. The van der Waals surface area contributed by atoms with Crippen LogP contribution in [0, 0.1) is 0 Å². The van der Waals surface area contributed by atoms with E-state index in [0.29, 0.717) is 23.7 Å². The van der Waals surface area contributed by atoms with Crippen molar-refractivity contribution in [1.29, 1.82) is 0 Å². The highest BCUT2D eigenvalue weighted by Gasteiger charge is 2.59. The lowest BCUT2D eigenvalue weighted by Crippen LogP contribution is -2.48. The summed E-state index contributed by atoms with van der Waals surface area (Å²) in [7, 11) is 1.54. The summed E-state index contributed by atoms with van der Waals surface area (Å²) in [6, 6.07) is 5.27. The number of hydrogen-bond donors (Lipinski definition) is 2. The molecule has 1 aromatic rings. The van der Waals surface area contributed by atoms with Crippen LogP contribution in [0.15, 0.2) is 24.3 Å². The van der Waals surface area contributed by atoms with Gasteiger partial charge in [0.2, 0.25) is 0 Å². The average Bonchev–Trinajstić information content (AvgIpc) is 3.44. The quantitative estimate of drug-likeness (QED) is 0.391. The summed E-state index contributed by atoms with van der Waals surface area (Å²) in [6.07, 6.45) is 1.95. The van der Waals surface area contributed by atoms with Gasteiger partial charge >= 0.3 is 11.9 Å². The molecule has 8 heteroatoms. The largest absolute Gasteiger partial charge is 0.493 e. The fraction of sp³-hybridized carbons (Fsp3) is 0.500. The molecule has 0 spiro atoms. The van der Waals surface area contributed by atoms with Crippen LogP contribution in [0.1, 0.15) is 31.7 Å². The van der Waals surface area contributed by atoms with Gasteiger partial charge in [-0.3, -0.25) is 0 Å². The normalized spacial score (nSPS) is 28.5. The number of carboxylic acid groups (broad SMARTS) is 1. The maximum Gasteiger partial charge on any atom is 0.335 e.